The van der Waals surface area contributed by atoms with Crippen LogP contribution >= 0.6 is 0 Å². The highest BCUT2D eigenvalue weighted by Gasteiger charge is 2.40. The molecule has 0 unspecified atom stereocenters. The molecule has 2 aliphatic rings. The maximum absolute atomic E-state index is 14.7. The molecule has 16 N–H and O–H groups in total. The third-order valence-electron chi connectivity index (χ3n) is 15.5. The summed E-state index contributed by atoms with van der Waals surface area (Å²) in [6, 6.07) is 9.38. The average Bonchev–Trinajstić information content (AvgIpc) is 2.85. The van der Waals surface area contributed by atoms with Crippen molar-refractivity contribution < 1.29 is 68.1 Å². The quantitative estimate of drug-likeness (QED) is 0.0237. The fourth-order valence-electron chi connectivity index (χ4n) is 10.9. The Morgan fingerprint density at radius 1 is 0.567 bits per heavy atom. The number of carboxylic acid groups (broad SMARTS) is 1. The molecule has 7 aromatic rings. The molecule has 0 saturated carbocycles. The first-order chi connectivity index (χ1) is 43.4. The maximum atomic E-state index is 14.7. The Bertz CT molecular complexity index is 3740. The largest absolute Gasteiger partial charge is 0.508 e. The molecule has 2 saturated heterocycles. The zero-order chi connectivity index (χ0) is 63.8. The van der Waals surface area contributed by atoms with Gasteiger partial charge in [0.1, 0.15) is 60.6 Å². The van der Waals surface area contributed by atoms with E-state index in [2.05, 4.69) is 77.8 Å². The van der Waals surface area contributed by atoms with E-state index in [-0.39, 0.29) is 69.6 Å². The summed E-state index contributed by atoms with van der Waals surface area (Å²) in [5.74, 6) is -9.22. The van der Waals surface area contributed by atoms with Crippen molar-refractivity contribution in [2.24, 2.45) is 0 Å². The number of carboxylic acids is 1. The first kappa shape index (κ1) is 63.6. The van der Waals surface area contributed by atoms with Gasteiger partial charge in [-0.25, -0.2) is 9.97 Å². The number of phenols is 1. The van der Waals surface area contributed by atoms with Crippen molar-refractivity contribution in [1.29, 1.82) is 0 Å². The van der Waals surface area contributed by atoms with E-state index >= 15 is 0 Å². The molecule has 30 heteroatoms. The highest BCUT2D eigenvalue weighted by Crippen LogP contribution is 2.24. The number of rotatable bonds is 29. The number of carbonyl (C=O) groups is 11. The number of H-pyrrole nitrogens is 4. The van der Waals surface area contributed by atoms with Crippen LogP contribution in [0.15, 0.2) is 110 Å². The lowest BCUT2D eigenvalue weighted by atomic mass is 10.0. The molecule has 2 fully saturated rings. The van der Waals surface area contributed by atoms with Crippen LogP contribution in [0.25, 0.3) is 21.8 Å². The zero-order valence-corrected chi connectivity index (χ0v) is 48.4. The SMILES string of the molecule is O=C(O)CNC(=O)[C@@H]1CCCN1C(=O)[C@H](Cc1ccc(O)cc1)NC(=O)[C@H](Cc1c[nH]c2ccccc12)NC(=O)CNC(=O)[C@H](Cc1cnc[nH]1)NC(=O)[C@H](CO)NC(=O)[C@H](Cc1c[nH]c2ccccc12)NC(=O)[C@H](Cc1cnc[nH]1)NC(=O)[C@@H]1CCC(=O)N1. The number of aliphatic hydroxyl groups excluding tert-OH is 1. The molecule has 10 amide bonds. The van der Waals surface area contributed by atoms with Crippen LogP contribution in [-0.4, -0.2) is 190 Å². The van der Waals surface area contributed by atoms with Gasteiger partial charge in [0.2, 0.25) is 59.1 Å². The van der Waals surface area contributed by atoms with Gasteiger partial charge in [-0.3, -0.25) is 52.7 Å². The molecule has 90 heavy (non-hydrogen) atoms. The van der Waals surface area contributed by atoms with E-state index in [0.29, 0.717) is 56.3 Å². The van der Waals surface area contributed by atoms with E-state index in [4.69, 9.17) is 0 Å². The normalized spacial score (nSPS) is 16.5. The number of aromatic hydroxyl groups is 1. The van der Waals surface area contributed by atoms with Gasteiger partial charge in [0.05, 0.1) is 25.8 Å². The molecule has 6 heterocycles. The number of nitrogens with zero attached hydrogens (tertiary/aromatic N) is 3. The van der Waals surface area contributed by atoms with Crippen LogP contribution in [0.1, 0.15) is 53.8 Å². The number of likely N-dealkylation sites (tertiary alicyclic amines) is 1. The first-order valence-corrected chi connectivity index (χ1v) is 29.0. The van der Waals surface area contributed by atoms with Gasteiger partial charge < -0.3 is 88.0 Å². The second-order valence-electron chi connectivity index (χ2n) is 21.8. The van der Waals surface area contributed by atoms with Crippen molar-refractivity contribution in [3.8, 4) is 5.75 Å². The van der Waals surface area contributed by atoms with Gasteiger partial charge in [-0.15, -0.1) is 0 Å². The molecule has 472 valence electrons. The van der Waals surface area contributed by atoms with Crippen molar-refractivity contribution in [1.82, 2.24) is 82.7 Å². The second kappa shape index (κ2) is 29.7. The fourth-order valence-corrected chi connectivity index (χ4v) is 10.9. The number of hydrogen-bond acceptors (Lipinski definition) is 15. The van der Waals surface area contributed by atoms with Gasteiger partial charge in [-0.1, -0.05) is 48.5 Å². The molecule has 0 bridgehead atoms. The number of nitrogens with one attached hydrogen (secondary N) is 13. The van der Waals surface area contributed by atoms with Gasteiger partial charge in [-0.2, -0.15) is 0 Å². The lowest BCUT2D eigenvalue weighted by molar-refractivity contribution is -0.143. The number of aliphatic hydroxyl groups is 1. The Morgan fingerprint density at radius 3 is 1.64 bits per heavy atom. The number of para-hydroxylation sites is 2. The van der Waals surface area contributed by atoms with Crippen LogP contribution in [0.5, 0.6) is 5.75 Å². The van der Waals surface area contributed by atoms with Gasteiger partial charge in [0, 0.05) is 103 Å². The maximum Gasteiger partial charge on any atom is 0.322 e. The summed E-state index contributed by atoms with van der Waals surface area (Å²) < 4.78 is 0. The van der Waals surface area contributed by atoms with Crippen molar-refractivity contribution in [2.45, 2.75) is 106 Å². The summed E-state index contributed by atoms with van der Waals surface area (Å²) in [7, 11) is 0. The zero-order valence-electron chi connectivity index (χ0n) is 48.4. The van der Waals surface area contributed by atoms with Crippen LogP contribution in [0.3, 0.4) is 0 Å². The Kier molecular flexibility index (Phi) is 21.0. The van der Waals surface area contributed by atoms with Crippen LogP contribution in [0, 0.1) is 0 Å². The first-order valence-electron chi connectivity index (χ1n) is 29.0. The molecule has 8 atom stereocenters. The molecule has 0 radical (unpaired) electrons. The van der Waals surface area contributed by atoms with Gasteiger partial charge >= 0.3 is 5.97 Å². The van der Waals surface area contributed by atoms with E-state index in [9.17, 15) is 68.1 Å². The molecule has 4 aromatic heterocycles. The van der Waals surface area contributed by atoms with E-state index in [0.717, 1.165) is 0 Å². The molecule has 2 aliphatic heterocycles. The molecule has 9 rings (SSSR count). The lowest BCUT2D eigenvalue weighted by Gasteiger charge is -2.30. The topological polar surface area (TPSA) is 449 Å². The average molecular weight is 1240 g/mol. The van der Waals surface area contributed by atoms with Gasteiger partial charge in [0.25, 0.3) is 0 Å². The van der Waals surface area contributed by atoms with Crippen LogP contribution in [-0.2, 0) is 84.8 Å². The molecular formula is C60H68N16O14. The van der Waals surface area contributed by atoms with E-state index in [1.54, 1.807) is 60.9 Å². The highest BCUT2D eigenvalue weighted by atomic mass is 16.4. The summed E-state index contributed by atoms with van der Waals surface area (Å²) in [4.78, 5) is 172. The number of amides is 10. The summed E-state index contributed by atoms with van der Waals surface area (Å²) in [6.07, 6.45) is 8.88. The minimum Gasteiger partial charge on any atom is -0.508 e. The number of benzene rings is 3. The highest BCUT2D eigenvalue weighted by molar-refractivity contribution is 5.99. The second-order valence-corrected chi connectivity index (χ2v) is 21.8. The number of aromatic amines is 4. The number of imidazole rings is 2. The van der Waals surface area contributed by atoms with Crippen molar-refractivity contribution in [3.63, 3.8) is 0 Å². The molecule has 0 spiro atoms. The van der Waals surface area contributed by atoms with E-state index < -0.39 is 127 Å². The molecule has 3 aromatic carbocycles. The lowest BCUT2D eigenvalue weighted by Crippen LogP contribution is -2.60. The molecule has 0 aliphatic carbocycles. The fraction of sp³-hybridized carbons (Fsp3) is 0.350. The number of carbonyl (C=O) groups excluding carboxylic acids is 10. The van der Waals surface area contributed by atoms with Crippen LogP contribution < -0.4 is 47.9 Å². The molecule has 30 nitrogen and oxygen atoms in total. The Hall–Kier alpha value is -10.9. The third-order valence-corrected chi connectivity index (χ3v) is 15.5. The third kappa shape index (κ3) is 16.6. The van der Waals surface area contributed by atoms with Crippen LogP contribution in [0.2, 0.25) is 0 Å². The van der Waals surface area contributed by atoms with Gasteiger partial charge in [-0.05, 0) is 60.2 Å². The monoisotopic (exact) mass is 1240 g/mol. The predicted molar refractivity (Wildman–Crippen MR) is 319 cm³/mol. The minimum atomic E-state index is -1.76. The summed E-state index contributed by atoms with van der Waals surface area (Å²) in [6.45, 7) is -2.38. The summed E-state index contributed by atoms with van der Waals surface area (Å²) in [5, 5.41) is 54.5. The number of hydrogen-bond donors (Lipinski definition) is 16. The number of fused-ring (bicyclic) bond motifs is 2. The number of aliphatic carboxylic acids is 1. The Balaban J connectivity index is 0.903. The summed E-state index contributed by atoms with van der Waals surface area (Å²) in [5.41, 5.74) is 3.87. The Morgan fingerprint density at radius 2 is 1.10 bits per heavy atom. The standard InChI is InChI=1S/C60H68N16O14/c77-29-48(75-56(86)44(20-34-24-64-41-9-4-2-7-39(34)41)71-57(87)46(22-36-26-62-31-68-36)73-54(84)42-15-16-50(79)69-42)58(88)72-45(21-35-25-61-30-67-35)53(83)65-27-51(80)70-43(19-33-23-63-40-8-3-1-6-38(33)40)55(85)74-47(18-32-11-13-37(78)14-12-32)60(90)76-17-5-10-49(76)59(89)66-28-52(81)82/h1-4,6-9,11-14,23-26,30-31,42-49,63-64,77-78H,5,10,15-22,27-29H2,(H,61,67)(H,62,68)(H,65,83)(H,66,89)(H,69,79)(H,70,80)(H,71,87)(H,72,88)(H,73,84)(H,74,85)(H,75,86)(H,81,82)/t42-,43-,44-,45-,46-,47-,48-,49-/m0/s1. The van der Waals surface area contributed by atoms with Crippen molar-refractivity contribution in [3.05, 3.63) is 138 Å². The Labute approximate surface area is 512 Å². The van der Waals surface area contributed by atoms with E-state index in [1.165, 1.54) is 54.2 Å². The summed E-state index contributed by atoms with van der Waals surface area (Å²) >= 11 is 0. The van der Waals surface area contributed by atoms with Gasteiger partial charge in [0.15, 0.2) is 0 Å². The van der Waals surface area contributed by atoms with Crippen molar-refractivity contribution >= 4 is 86.8 Å². The van der Waals surface area contributed by atoms with Crippen LogP contribution in [0.4, 0.5) is 0 Å². The number of aromatic nitrogens is 6. The van der Waals surface area contributed by atoms with Crippen molar-refractivity contribution in [2.75, 3.05) is 26.2 Å². The minimum absolute atomic E-state index is 0.0646. The molecular weight excluding hydrogens is 1170 g/mol. The number of phenolic OH excluding ortho intramolecular Hbond substituents is 1. The van der Waals surface area contributed by atoms with E-state index in [1.807, 2.05) is 0 Å². The predicted octanol–water partition coefficient (Wildman–Crippen LogP) is -2.20. The smallest absolute Gasteiger partial charge is 0.322 e.